The van der Waals surface area contributed by atoms with Gasteiger partial charge >= 0.3 is 36.7 Å². The van der Waals surface area contributed by atoms with E-state index >= 15 is 0 Å². The van der Waals surface area contributed by atoms with Gasteiger partial charge in [0.1, 0.15) is 122 Å². The van der Waals surface area contributed by atoms with Gasteiger partial charge in [-0.3, -0.25) is 4.79 Å². The predicted molar refractivity (Wildman–Crippen MR) is 489 cm³/mol. The summed E-state index contributed by atoms with van der Waals surface area (Å²) in [5.41, 5.74) is 9.91. The molecule has 8 aromatic heterocycles. The number of epoxide rings is 1. The van der Waals surface area contributed by atoms with Gasteiger partial charge in [0.2, 0.25) is 9.05 Å². The number of aldehydes is 1. The number of nitrogens with one attached hydrogen (secondary N) is 1. The fraction of sp³-hybridized carbons (Fsp3) is 0.587. The van der Waals surface area contributed by atoms with Crippen LogP contribution in [0.15, 0.2) is 74.4 Å². The zero-order valence-corrected chi connectivity index (χ0v) is 83.5. The molecule has 6 aliphatic rings. The van der Waals surface area contributed by atoms with Gasteiger partial charge in [0.15, 0.2) is 31.3 Å². The Morgan fingerprint density at radius 2 is 0.958 bits per heavy atom. The first-order valence-electron chi connectivity index (χ1n) is 38.0. The van der Waals surface area contributed by atoms with Crippen molar-refractivity contribution in [1.29, 1.82) is 0 Å². The van der Waals surface area contributed by atoms with Crippen LogP contribution < -0.4 is 52.6 Å². The number of aromatic nitrogens is 12. The van der Waals surface area contributed by atoms with Crippen LogP contribution in [-0.4, -0.2) is 252 Å². The molecule has 14 heterocycles. The molecule has 0 aliphatic carbocycles. The van der Waals surface area contributed by atoms with Crippen LogP contribution >= 0.6 is 124 Å². The third-order valence-electron chi connectivity index (χ3n) is 22.0. The number of halogens is 7. The zero-order valence-electron chi connectivity index (χ0n) is 70.8. The van der Waals surface area contributed by atoms with Gasteiger partial charge in [-0.15, -0.1) is 0 Å². The number of benzene rings is 1. The summed E-state index contributed by atoms with van der Waals surface area (Å²) in [6, 6.07) is 6.33. The number of aromatic amines is 1. The molecule has 664 valence electrons. The SMILES string of the molecule is CCN(CC)CC.CC[C@H]1OC(O)[C@](C)(O)[C@@H]1C.CC[C@H]1OC(n2cc(I)c3c(Cl)ncnc32)[C@](C)(O)[C@@H]1C.CC[C@H]1OC(n2cc(I)c3c(N)ncnc32)[C@](C)(O)[C@@H]1O.CC[C@H]1O[C@@H]2O[C@]2(C)[C@@H]1C.CS(=O)(=O)Cl.C[C@]1(O)C(n2cc(I)c3c(N)ncnc32)O[C@H](CO)[C@H]1O.Clc1ncnc2[nH]cc(I)c12.N.O=Cc1ccccc1B(O)O.[H-].[Na+]. The smallest absolute Gasteiger partial charge is 1.00 e. The van der Waals surface area contributed by atoms with Crippen molar-refractivity contribution in [2.24, 2.45) is 17.8 Å². The van der Waals surface area contributed by atoms with E-state index in [2.05, 4.69) is 199 Å². The minimum atomic E-state index is -3.19. The number of hydrogen-bond acceptors (Lipinski definition) is 31. The van der Waals surface area contributed by atoms with E-state index in [0.29, 0.717) is 74.6 Å². The zero-order chi connectivity index (χ0) is 88.4. The van der Waals surface area contributed by atoms with Crippen LogP contribution in [0.5, 0.6) is 0 Å². The summed E-state index contributed by atoms with van der Waals surface area (Å²) >= 11 is 20.6. The molecule has 6 fully saturated rings. The number of ether oxygens (including phenoxy) is 6. The van der Waals surface area contributed by atoms with Gasteiger partial charge in [-0.2, -0.15) is 0 Å². The number of nitrogens with zero attached hydrogens (tertiary/aromatic N) is 12. The van der Waals surface area contributed by atoms with Crippen molar-refractivity contribution in [3.05, 3.63) is 105 Å². The van der Waals surface area contributed by atoms with Gasteiger partial charge in [-0.1, -0.05) is 117 Å². The van der Waals surface area contributed by atoms with Crippen LogP contribution in [0.4, 0.5) is 11.6 Å². The summed E-state index contributed by atoms with van der Waals surface area (Å²) in [5.74, 6) is 1.33. The number of carbonyl (C=O) groups is 1. The Balaban J connectivity index is 0.000000294. The van der Waals surface area contributed by atoms with E-state index in [4.69, 9.17) is 73.1 Å². The molecule has 9 aromatic rings. The Morgan fingerprint density at radius 3 is 1.31 bits per heavy atom. The van der Waals surface area contributed by atoms with Crippen molar-refractivity contribution in [3.8, 4) is 0 Å². The van der Waals surface area contributed by atoms with Gasteiger partial charge in [0, 0.05) is 73.1 Å². The van der Waals surface area contributed by atoms with E-state index in [1.54, 1.807) is 47.5 Å². The molecule has 0 saturated carbocycles. The van der Waals surface area contributed by atoms with E-state index in [1.165, 1.54) is 64.0 Å². The van der Waals surface area contributed by atoms with E-state index in [9.17, 15) is 54.1 Å². The number of fused-ring (bicyclic) bond motifs is 5. The Kier molecular flexibility index (Phi) is 41.1. The molecular weight excluding hydrogens is 2110 g/mol. The number of aliphatic hydroxyl groups excluding tert-OH is 4. The van der Waals surface area contributed by atoms with E-state index < -0.39 is 88.0 Å². The van der Waals surface area contributed by atoms with E-state index in [-0.39, 0.29) is 85.1 Å². The van der Waals surface area contributed by atoms with Crippen molar-refractivity contribution in [1.82, 2.24) is 69.6 Å². The van der Waals surface area contributed by atoms with Crippen molar-refractivity contribution in [2.75, 3.05) is 44.0 Å². The number of aliphatic hydroxyl groups is 8. The van der Waals surface area contributed by atoms with Crippen molar-refractivity contribution >= 4 is 208 Å². The largest absolute Gasteiger partial charge is 1.00 e. The first-order valence-corrected chi connectivity index (χ1v) is 45.8. The maximum atomic E-state index is 10.9. The number of carbonyl (C=O) groups excluding carboxylic acids is 1. The normalized spacial score (nSPS) is 29.8. The number of anilines is 2. The Labute approximate surface area is 790 Å². The van der Waals surface area contributed by atoms with Crippen LogP contribution in [0.3, 0.4) is 0 Å². The maximum absolute atomic E-state index is 10.9. The quantitative estimate of drug-likeness (QED) is 0.0150. The third-order valence-corrected chi connectivity index (χ3v) is 25.9. The number of nitrogen functional groups attached to an aromatic ring is 2. The fourth-order valence-corrected chi connectivity index (χ4v) is 18.0. The topological polar surface area (TPSA) is 536 Å². The summed E-state index contributed by atoms with van der Waals surface area (Å²) in [7, 11) is -0.265. The Morgan fingerprint density at radius 1 is 0.575 bits per heavy atom. The van der Waals surface area contributed by atoms with Crippen LogP contribution in [-0.2, 0) is 37.5 Å². The number of rotatable bonds is 13. The van der Waals surface area contributed by atoms with Crippen molar-refractivity contribution < 1.29 is 124 Å². The van der Waals surface area contributed by atoms with Crippen LogP contribution in [0, 0.1) is 32.0 Å². The standard InChI is InChI=1S/C14H17ClIN3O2.C13H17IN4O3.C12H15IN4O4.C8H16O3.C8H14O2.C7H7BO3.C6H3ClIN3.C6H15N.CH3ClO2S.H3N.Na.H/c1-4-9-7(2)14(3,20)13(21-9)19-5-8(16)10-11(15)17-6-18-12(10)19;1-3-7-9(19)13(2,20)12(21-7)18-4-6(14)8-10(15)16-5-17-11(8)18;1-12(20)8(19)6(3-18)21-11(12)17-2-5(13)7-9(14)15-4-16-10(7)17;1-4-6-5(2)8(3,10)7(9)11-6;1-4-6-5(2)8(3)7(9-6)10-8;9-5-6-3-1-2-4-7(6)8(10)11;7-5-4-3(8)1-9-6(4)11-2-10-5;1-4-7(5-2)6-3;1-5(2,3)4;;;/h5-7,9,13,20H,4H2,1-3H3;4-5,7,9,12,19-20H,3H2,1-2H3,(H2,15,16,17);2,4,6,8,11,18-20H,3H2,1H3,(H2,14,15,16);5-7,9-10H,4H2,1-3H3;5-7H,4H2,1-3H3;1-5,10-11H;1-2H,(H,9,10,11);4-6H2,1-3H3;1H3;1H3;;/q;;;;;;;;;;+1;-1/t7-,9-,13?,14-;7-,9-,12?,13-;6-,8-,11?,12-;5-,6-,7?,8-;5-,6-,7-,8-;;;;;;;/m11111......./s1. The second-order valence-corrected chi connectivity index (χ2v) is 38.2. The first kappa shape index (κ1) is 108. The molecule has 45 heteroatoms. The minimum Gasteiger partial charge on any atom is -1.00 e. The molecule has 35 nitrogen and oxygen atoms in total. The van der Waals surface area contributed by atoms with Crippen LogP contribution in [0.2, 0.25) is 10.3 Å². The van der Waals surface area contributed by atoms with Gasteiger partial charge in [0.05, 0.1) is 58.8 Å². The molecular formula is C75H111BCl3I4N16NaO19S. The molecule has 15 rings (SSSR count). The van der Waals surface area contributed by atoms with Gasteiger partial charge in [-0.25, -0.2) is 48.3 Å². The molecule has 4 unspecified atom stereocenters. The summed E-state index contributed by atoms with van der Waals surface area (Å²) < 4.78 is 61.3. The molecule has 1 aromatic carbocycles. The average Bonchev–Trinajstić information content (AvgIpc) is 1.56. The molecule has 0 spiro atoms. The molecule has 18 N–H and O–H groups in total. The third kappa shape index (κ3) is 24.7. The molecule has 20 atom stereocenters. The average molecular weight is 2220 g/mol. The minimum absolute atomic E-state index is 0. The number of nitrogens with two attached hydrogens (primary N) is 2. The van der Waals surface area contributed by atoms with Crippen LogP contribution in [0.1, 0.15) is 160 Å². The van der Waals surface area contributed by atoms with E-state index in [0.717, 1.165) is 61.6 Å². The van der Waals surface area contributed by atoms with Gasteiger partial charge in [-0.05, 0) is 176 Å². The molecule has 0 amide bonds. The Hall–Kier alpha value is -2.95. The summed E-state index contributed by atoms with van der Waals surface area (Å²) in [6.07, 6.45) is 11.8. The summed E-state index contributed by atoms with van der Waals surface area (Å²) in [6.45, 7) is 32.6. The Bertz CT molecular complexity index is 4650. The molecule has 6 saturated heterocycles. The number of hydrogen-bond donors (Lipinski definition) is 14. The fourth-order valence-electron chi connectivity index (χ4n) is 14.1. The summed E-state index contributed by atoms with van der Waals surface area (Å²) in [5, 5.41) is 102. The monoisotopic (exact) mass is 2220 g/mol. The van der Waals surface area contributed by atoms with Gasteiger partial charge in [0.25, 0.3) is 0 Å². The molecule has 6 aliphatic heterocycles. The second kappa shape index (κ2) is 45.8. The maximum Gasteiger partial charge on any atom is 1.00 e. The van der Waals surface area contributed by atoms with Gasteiger partial charge < -0.3 is 122 Å². The predicted octanol–water partition coefficient (Wildman–Crippen LogP) is 6.29. The van der Waals surface area contributed by atoms with Crippen molar-refractivity contribution in [2.45, 2.75) is 232 Å². The molecule has 0 radical (unpaired) electrons. The number of H-pyrrole nitrogens is 1. The first-order chi connectivity index (χ1) is 55.2. The van der Waals surface area contributed by atoms with Crippen LogP contribution in [0.25, 0.3) is 44.1 Å². The van der Waals surface area contributed by atoms with Crippen molar-refractivity contribution in [3.63, 3.8) is 0 Å². The summed E-state index contributed by atoms with van der Waals surface area (Å²) in [4.78, 5) is 48.2. The van der Waals surface area contributed by atoms with E-state index in [1.807, 2.05) is 51.6 Å². The molecule has 120 heavy (non-hydrogen) atoms. The molecule has 0 bridgehead atoms. The second-order valence-electron chi connectivity index (χ2n) is 29.8.